The first-order chi connectivity index (χ1) is 8.51. The maximum Gasteiger partial charge on any atom is 0.328 e. The van der Waals surface area contributed by atoms with E-state index in [1.165, 1.54) is 19.2 Å². The highest BCUT2D eigenvalue weighted by molar-refractivity contribution is 6.34. The molecule has 0 aliphatic carbocycles. The van der Waals surface area contributed by atoms with Crippen LogP contribution in [0.25, 0.3) is 0 Å². The summed E-state index contributed by atoms with van der Waals surface area (Å²) in [6, 6.07) is 3.12. The molecular formula is C12H13ClFNO3. The van der Waals surface area contributed by atoms with Gasteiger partial charge in [0.2, 0.25) is 0 Å². The third-order valence-electron chi connectivity index (χ3n) is 2.40. The Morgan fingerprint density at radius 3 is 2.72 bits per heavy atom. The van der Waals surface area contributed by atoms with Crippen LogP contribution in [-0.4, -0.2) is 25.0 Å². The fourth-order valence-electron chi connectivity index (χ4n) is 1.39. The second-order valence-corrected chi connectivity index (χ2v) is 3.94. The number of methoxy groups -OCH3 is 1. The Hall–Kier alpha value is -1.62. The van der Waals surface area contributed by atoms with Gasteiger partial charge < -0.3 is 10.1 Å². The van der Waals surface area contributed by atoms with E-state index in [0.717, 1.165) is 6.07 Å². The molecule has 1 N–H and O–H groups in total. The number of rotatable bonds is 4. The number of benzene rings is 1. The molecule has 0 fully saturated rings. The highest BCUT2D eigenvalue weighted by Gasteiger charge is 2.22. The van der Waals surface area contributed by atoms with E-state index in [0.29, 0.717) is 6.42 Å². The van der Waals surface area contributed by atoms with E-state index in [2.05, 4.69) is 10.1 Å². The first-order valence-electron chi connectivity index (χ1n) is 5.34. The molecule has 1 aromatic rings. The molecule has 98 valence electrons. The lowest BCUT2D eigenvalue weighted by Crippen LogP contribution is -2.41. The van der Waals surface area contributed by atoms with Gasteiger partial charge in [-0.15, -0.1) is 0 Å². The predicted octanol–water partition coefficient (Wildman–Crippen LogP) is 2.16. The van der Waals surface area contributed by atoms with Crippen molar-refractivity contribution in [3.63, 3.8) is 0 Å². The second-order valence-electron chi connectivity index (χ2n) is 3.56. The zero-order valence-electron chi connectivity index (χ0n) is 10.00. The molecule has 0 spiro atoms. The van der Waals surface area contributed by atoms with Crippen LogP contribution < -0.4 is 5.32 Å². The standard InChI is InChI=1S/C12H13ClFNO3/c1-3-9(12(17)18-2)15-11(16)7-5-4-6-8(14)10(7)13/h4-6,9H,3H2,1-2H3,(H,15,16). The predicted molar refractivity (Wildman–Crippen MR) is 65.0 cm³/mol. The number of nitrogens with one attached hydrogen (secondary N) is 1. The van der Waals surface area contributed by atoms with Gasteiger partial charge in [-0.25, -0.2) is 9.18 Å². The average molecular weight is 274 g/mol. The van der Waals surface area contributed by atoms with Crippen LogP contribution in [0.15, 0.2) is 18.2 Å². The SMILES string of the molecule is CCC(NC(=O)c1cccc(F)c1Cl)C(=O)OC. The van der Waals surface area contributed by atoms with Crippen molar-refractivity contribution < 1.29 is 18.7 Å². The Morgan fingerprint density at radius 2 is 2.17 bits per heavy atom. The molecule has 1 aromatic carbocycles. The number of esters is 1. The van der Waals surface area contributed by atoms with E-state index < -0.39 is 23.7 Å². The lowest BCUT2D eigenvalue weighted by atomic mass is 10.1. The van der Waals surface area contributed by atoms with Gasteiger partial charge in [0.15, 0.2) is 0 Å². The number of carbonyl (C=O) groups is 2. The van der Waals surface area contributed by atoms with E-state index >= 15 is 0 Å². The monoisotopic (exact) mass is 273 g/mol. The van der Waals surface area contributed by atoms with Gasteiger partial charge in [0.25, 0.3) is 5.91 Å². The number of halogens is 2. The van der Waals surface area contributed by atoms with Crippen LogP contribution >= 0.6 is 11.6 Å². The zero-order valence-corrected chi connectivity index (χ0v) is 10.8. The van der Waals surface area contributed by atoms with Crippen molar-refractivity contribution in [2.45, 2.75) is 19.4 Å². The van der Waals surface area contributed by atoms with E-state index in [9.17, 15) is 14.0 Å². The normalized spacial score (nSPS) is 11.8. The summed E-state index contributed by atoms with van der Waals surface area (Å²) in [6.07, 6.45) is 0.366. The molecule has 0 saturated carbocycles. The summed E-state index contributed by atoms with van der Waals surface area (Å²) < 4.78 is 17.7. The summed E-state index contributed by atoms with van der Waals surface area (Å²) in [4.78, 5) is 23.2. The molecule has 0 radical (unpaired) electrons. The van der Waals surface area contributed by atoms with Crippen LogP contribution in [0.1, 0.15) is 23.7 Å². The van der Waals surface area contributed by atoms with E-state index in [-0.39, 0.29) is 10.6 Å². The number of ether oxygens (including phenoxy) is 1. The molecular weight excluding hydrogens is 261 g/mol. The van der Waals surface area contributed by atoms with Crippen LogP contribution in [0.4, 0.5) is 4.39 Å². The molecule has 0 heterocycles. The Labute approximate surface area is 109 Å². The maximum absolute atomic E-state index is 13.2. The van der Waals surface area contributed by atoms with Gasteiger partial charge in [-0.05, 0) is 18.6 Å². The van der Waals surface area contributed by atoms with E-state index in [1.807, 2.05) is 0 Å². The van der Waals surface area contributed by atoms with Crippen molar-refractivity contribution in [2.75, 3.05) is 7.11 Å². The van der Waals surface area contributed by atoms with Gasteiger partial charge in [-0.1, -0.05) is 24.6 Å². The minimum absolute atomic E-state index is 0.0148. The summed E-state index contributed by atoms with van der Waals surface area (Å²) in [7, 11) is 1.23. The third-order valence-corrected chi connectivity index (χ3v) is 2.78. The maximum atomic E-state index is 13.2. The minimum Gasteiger partial charge on any atom is -0.467 e. The van der Waals surface area contributed by atoms with Crippen molar-refractivity contribution in [3.05, 3.63) is 34.6 Å². The van der Waals surface area contributed by atoms with Crippen LogP contribution in [-0.2, 0) is 9.53 Å². The Balaban J connectivity index is 2.88. The zero-order chi connectivity index (χ0) is 13.7. The van der Waals surface area contributed by atoms with Gasteiger partial charge in [-0.3, -0.25) is 4.79 Å². The Morgan fingerprint density at radius 1 is 1.50 bits per heavy atom. The summed E-state index contributed by atoms with van der Waals surface area (Å²) >= 11 is 5.68. The molecule has 4 nitrogen and oxygen atoms in total. The topological polar surface area (TPSA) is 55.4 Å². The number of hydrogen-bond acceptors (Lipinski definition) is 3. The fraction of sp³-hybridized carbons (Fsp3) is 0.333. The van der Waals surface area contributed by atoms with Crippen LogP contribution in [0.3, 0.4) is 0 Å². The summed E-state index contributed by atoms with van der Waals surface area (Å²) in [5.41, 5.74) is -0.0148. The largest absolute Gasteiger partial charge is 0.467 e. The molecule has 6 heteroatoms. The molecule has 18 heavy (non-hydrogen) atoms. The molecule has 0 bridgehead atoms. The Kier molecular flexibility index (Phi) is 5.09. The van der Waals surface area contributed by atoms with E-state index in [1.54, 1.807) is 6.92 Å². The highest BCUT2D eigenvalue weighted by Crippen LogP contribution is 2.19. The lowest BCUT2D eigenvalue weighted by Gasteiger charge is -2.15. The van der Waals surface area contributed by atoms with Crippen LogP contribution in [0.5, 0.6) is 0 Å². The summed E-state index contributed by atoms with van der Waals surface area (Å²) in [5.74, 6) is -1.86. The van der Waals surface area contributed by atoms with Gasteiger partial charge in [0.05, 0.1) is 17.7 Å². The molecule has 1 amide bonds. The van der Waals surface area contributed by atoms with Crippen molar-refractivity contribution >= 4 is 23.5 Å². The molecule has 0 aliphatic heterocycles. The molecule has 0 aromatic heterocycles. The van der Waals surface area contributed by atoms with Crippen LogP contribution in [0.2, 0.25) is 5.02 Å². The smallest absolute Gasteiger partial charge is 0.328 e. The van der Waals surface area contributed by atoms with Crippen molar-refractivity contribution in [1.82, 2.24) is 5.32 Å². The van der Waals surface area contributed by atoms with Crippen molar-refractivity contribution in [2.24, 2.45) is 0 Å². The van der Waals surface area contributed by atoms with Gasteiger partial charge >= 0.3 is 5.97 Å². The van der Waals surface area contributed by atoms with Gasteiger partial charge in [0.1, 0.15) is 11.9 Å². The molecule has 1 atom stereocenters. The average Bonchev–Trinajstić information content (AvgIpc) is 2.37. The number of amides is 1. The van der Waals surface area contributed by atoms with Crippen molar-refractivity contribution in [3.8, 4) is 0 Å². The first-order valence-corrected chi connectivity index (χ1v) is 5.71. The Bertz CT molecular complexity index is 465. The van der Waals surface area contributed by atoms with E-state index in [4.69, 9.17) is 11.6 Å². The lowest BCUT2D eigenvalue weighted by molar-refractivity contribution is -0.142. The quantitative estimate of drug-likeness (QED) is 0.856. The fourth-order valence-corrected chi connectivity index (χ4v) is 1.60. The molecule has 0 aliphatic rings. The van der Waals surface area contributed by atoms with Crippen molar-refractivity contribution in [1.29, 1.82) is 0 Å². The molecule has 1 unspecified atom stereocenters. The number of hydrogen-bond donors (Lipinski definition) is 1. The molecule has 0 saturated heterocycles. The van der Waals surface area contributed by atoms with Gasteiger partial charge in [0, 0.05) is 0 Å². The molecule has 1 rings (SSSR count). The highest BCUT2D eigenvalue weighted by atomic mass is 35.5. The minimum atomic E-state index is -0.776. The second kappa shape index (κ2) is 6.35. The third kappa shape index (κ3) is 3.20. The summed E-state index contributed by atoms with van der Waals surface area (Å²) in [6.45, 7) is 1.72. The van der Waals surface area contributed by atoms with Gasteiger partial charge in [-0.2, -0.15) is 0 Å². The van der Waals surface area contributed by atoms with Crippen LogP contribution in [0, 0.1) is 5.82 Å². The summed E-state index contributed by atoms with van der Waals surface area (Å²) in [5, 5.41) is 2.17. The first kappa shape index (κ1) is 14.4. The number of carbonyl (C=O) groups excluding carboxylic acids is 2.